The molecule has 1 N–H and O–H groups in total. The number of nitrogens with one attached hydrogen (secondary N) is 1. The van der Waals surface area contributed by atoms with E-state index in [4.69, 9.17) is 4.84 Å². The van der Waals surface area contributed by atoms with Crippen molar-refractivity contribution in [2.75, 3.05) is 0 Å². The van der Waals surface area contributed by atoms with Crippen LogP contribution in [0.5, 0.6) is 0 Å². The van der Waals surface area contributed by atoms with Gasteiger partial charge in [-0.05, 0) is 13.0 Å². The minimum Gasteiger partial charge on any atom is -0.413 e. The standard InChI is InChI=1S/C7H13NO/c1-5(2)7-4-6(3)8-9-7/h4-6,8H,1-3H3. The van der Waals surface area contributed by atoms with Gasteiger partial charge >= 0.3 is 0 Å². The molecule has 1 atom stereocenters. The van der Waals surface area contributed by atoms with E-state index in [-0.39, 0.29) is 0 Å². The van der Waals surface area contributed by atoms with Crippen LogP contribution in [0.15, 0.2) is 11.8 Å². The van der Waals surface area contributed by atoms with Gasteiger partial charge in [-0.1, -0.05) is 13.8 Å². The molecular weight excluding hydrogens is 114 g/mol. The predicted molar refractivity (Wildman–Crippen MR) is 36.6 cm³/mol. The summed E-state index contributed by atoms with van der Waals surface area (Å²) in [5.41, 5.74) is 2.86. The molecule has 0 saturated heterocycles. The molecule has 0 saturated carbocycles. The van der Waals surface area contributed by atoms with Crippen LogP contribution < -0.4 is 5.48 Å². The summed E-state index contributed by atoms with van der Waals surface area (Å²) in [6.07, 6.45) is 2.10. The molecule has 1 heterocycles. The van der Waals surface area contributed by atoms with E-state index in [9.17, 15) is 0 Å². The predicted octanol–water partition coefficient (Wildman–Crippen LogP) is 1.45. The van der Waals surface area contributed by atoms with E-state index in [0.29, 0.717) is 12.0 Å². The van der Waals surface area contributed by atoms with Gasteiger partial charge in [0.15, 0.2) is 0 Å². The molecule has 0 radical (unpaired) electrons. The van der Waals surface area contributed by atoms with Crippen molar-refractivity contribution in [3.63, 3.8) is 0 Å². The zero-order valence-corrected chi connectivity index (χ0v) is 6.14. The minimum atomic E-state index is 0.377. The summed E-state index contributed by atoms with van der Waals surface area (Å²) >= 11 is 0. The molecule has 9 heavy (non-hydrogen) atoms. The van der Waals surface area contributed by atoms with Gasteiger partial charge in [-0.3, -0.25) is 0 Å². The Bertz CT molecular complexity index is 129. The summed E-state index contributed by atoms with van der Waals surface area (Å²) < 4.78 is 0. The van der Waals surface area contributed by atoms with Crippen molar-refractivity contribution in [3.05, 3.63) is 11.8 Å². The Balaban J connectivity index is 2.52. The zero-order valence-electron chi connectivity index (χ0n) is 6.14. The van der Waals surface area contributed by atoms with Crippen molar-refractivity contribution in [2.24, 2.45) is 5.92 Å². The SMILES string of the molecule is CC1C=C(C(C)C)ON1. The first kappa shape index (κ1) is 6.62. The minimum absolute atomic E-state index is 0.377. The zero-order chi connectivity index (χ0) is 6.85. The van der Waals surface area contributed by atoms with Crippen LogP contribution in [-0.2, 0) is 4.84 Å². The Labute approximate surface area is 55.9 Å². The summed E-state index contributed by atoms with van der Waals surface area (Å²) in [5.74, 6) is 1.56. The summed E-state index contributed by atoms with van der Waals surface area (Å²) in [5, 5.41) is 0. The highest BCUT2D eigenvalue weighted by Crippen LogP contribution is 2.15. The average Bonchev–Trinajstić information content (AvgIpc) is 2.14. The maximum absolute atomic E-state index is 5.14. The first-order valence-corrected chi connectivity index (χ1v) is 3.34. The van der Waals surface area contributed by atoms with Crippen LogP contribution in [0.25, 0.3) is 0 Å². The molecule has 1 unspecified atom stereocenters. The van der Waals surface area contributed by atoms with E-state index >= 15 is 0 Å². The normalized spacial score (nSPS) is 26.2. The fourth-order valence-corrected chi connectivity index (χ4v) is 0.786. The number of rotatable bonds is 1. The van der Waals surface area contributed by atoms with E-state index in [2.05, 4.69) is 32.3 Å². The monoisotopic (exact) mass is 127 g/mol. The third kappa shape index (κ3) is 1.45. The first-order chi connectivity index (χ1) is 4.20. The van der Waals surface area contributed by atoms with Gasteiger partial charge in [-0.25, -0.2) is 0 Å². The number of allylic oxidation sites excluding steroid dienone is 1. The summed E-state index contributed by atoms with van der Waals surface area (Å²) in [6.45, 7) is 6.30. The van der Waals surface area contributed by atoms with Crippen LogP contribution in [0.1, 0.15) is 20.8 Å². The second-order valence-corrected chi connectivity index (χ2v) is 2.73. The maximum Gasteiger partial charge on any atom is 0.124 e. The van der Waals surface area contributed by atoms with Crippen LogP contribution in [0.4, 0.5) is 0 Å². The van der Waals surface area contributed by atoms with Crippen molar-refractivity contribution in [2.45, 2.75) is 26.8 Å². The van der Waals surface area contributed by atoms with E-state index in [1.807, 2.05) is 0 Å². The molecule has 52 valence electrons. The van der Waals surface area contributed by atoms with Crippen molar-refractivity contribution in [1.29, 1.82) is 0 Å². The lowest BCUT2D eigenvalue weighted by atomic mass is 10.1. The fourth-order valence-electron chi connectivity index (χ4n) is 0.786. The molecule has 0 amide bonds. The topological polar surface area (TPSA) is 21.3 Å². The van der Waals surface area contributed by atoms with Crippen LogP contribution >= 0.6 is 0 Å². The highest BCUT2D eigenvalue weighted by atomic mass is 16.7. The third-order valence-electron chi connectivity index (χ3n) is 1.35. The molecule has 0 aromatic heterocycles. The van der Waals surface area contributed by atoms with Crippen LogP contribution in [0.2, 0.25) is 0 Å². The lowest BCUT2D eigenvalue weighted by Crippen LogP contribution is -2.16. The van der Waals surface area contributed by atoms with Crippen LogP contribution in [0.3, 0.4) is 0 Å². The second-order valence-electron chi connectivity index (χ2n) is 2.73. The Morgan fingerprint density at radius 1 is 1.67 bits per heavy atom. The Morgan fingerprint density at radius 3 is 2.56 bits per heavy atom. The highest BCUT2D eigenvalue weighted by Gasteiger charge is 2.14. The van der Waals surface area contributed by atoms with E-state index in [1.54, 1.807) is 0 Å². The fraction of sp³-hybridized carbons (Fsp3) is 0.714. The molecule has 0 aliphatic carbocycles. The van der Waals surface area contributed by atoms with Gasteiger partial charge in [0.25, 0.3) is 0 Å². The molecule has 0 spiro atoms. The van der Waals surface area contributed by atoms with Crippen LogP contribution in [-0.4, -0.2) is 6.04 Å². The molecule has 0 aromatic carbocycles. The Hall–Kier alpha value is -0.500. The van der Waals surface area contributed by atoms with Gasteiger partial charge in [0, 0.05) is 5.92 Å². The van der Waals surface area contributed by atoms with E-state index < -0.39 is 0 Å². The maximum atomic E-state index is 5.14. The average molecular weight is 127 g/mol. The molecule has 0 fully saturated rings. The summed E-state index contributed by atoms with van der Waals surface area (Å²) in [6, 6.07) is 0.377. The van der Waals surface area contributed by atoms with Crippen LogP contribution in [0, 0.1) is 5.92 Å². The highest BCUT2D eigenvalue weighted by molar-refractivity contribution is 5.04. The molecule has 2 nitrogen and oxygen atoms in total. The Morgan fingerprint density at radius 2 is 2.33 bits per heavy atom. The van der Waals surface area contributed by atoms with Gasteiger partial charge in [-0.2, -0.15) is 5.48 Å². The third-order valence-corrected chi connectivity index (χ3v) is 1.35. The summed E-state index contributed by atoms with van der Waals surface area (Å²) in [4.78, 5) is 5.14. The van der Waals surface area contributed by atoms with Crippen molar-refractivity contribution in [3.8, 4) is 0 Å². The molecule has 2 heteroatoms. The number of hydrogen-bond donors (Lipinski definition) is 1. The second kappa shape index (κ2) is 2.40. The molecule has 0 aromatic rings. The van der Waals surface area contributed by atoms with Gasteiger partial charge in [0.2, 0.25) is 0 Å². The van der Waals surface area contributed by atoms with Gasteiger partial charge in [0.1, 0.15) is 5.76 Å². The van der Waals surface area contributed by atoms with E-state index in [1.165, 1.54) is 0 Å². The summed E-state index contributed by atoms with van der Waals surface area (Å²) in [7, 11) is 0. The smallest absolute Gasteiger partial charge is 0.124 e. The lowest BCUT2D eigenvalue weighted by molar-refractivity contribution is 0.103. The molecular formula is C7H13NO. The quantitative estimate of drug-likeness (QED) is 0.575. The van der Waals surface area contributed by atoms with Gasteiger partial charge in [-0.15, -0.1) is 0 Å². The molecule has 1 aliphatic heterocycles. The lowest BCUT2D eigenvalue weighted by Gasteiger charge is -2.04. The van der Waals surface area contributed by atoms with Gasteiger partial charge in [0.05, 0.1) is 6.04 Å². The first-order valence-electron chi connectivity index (χ1n) is 3.34. The van der Waals surface area contributed by atoms with E-state index in [0.717, 1.165) is 5.76 Å². The van der Waals surface area contributed by atoms with Crippen molar-refractivity contribution < 1.29 is 4.84 Å². The van der Waals surface area contributed by atoms with Crippen molar-refractivity contribution in [1.82, 2.24) is 5.48 Å². The number of hydrogen-bond acceptors (Lipinski definition) is 2. The molecule has 1 aliphatic rings. The Kier molecular flexibility index (Phi) is 1.76. The van der Waals surface area contributed by atoms with Crippen molar-refractivity contribution >= 4 is 0 Å². The number of hydroxylamine groups is 1. The van der Waals surface area contributed by atoms with Gasteiger partial charge < -0.3 is 4.84 Å². The molecule has 0 bridgehead atoms. The largest absolute Gasteiger partial charge is 0.413 e. The molecule has 1 rings (SSSR count).